The molecule has 0 amide bonds. The molecule has 4 aromatic carbocycles. The Balaban J connectivity index is 1.79. The summed E-state index contributed by atoms with van der Waals surface area (Å²) in [4.78, 5) is 0. The number of benzene rings is 4. The standard InChI is InChI=1S/C29H27ClO4/c1-32-25-13-9-23(10-14-25)29(22-6-4-3-5-7-22,24-11-15-26(33-2)16-12-24)34-19-18-21-8-17-28(31)27(30)20-21/h3-17,20,31H,18-19H2,1-2H3. The van der Waals surface area contributed by atoms with Crippen molar-refractivity contribution in [3.63, 3.8) is 0 Å². The third-order valence-corrected chi connectivity index (χ3v) is 6.20. The predicted octanol–water partition coefficient (Wildman–Crippen LogP) is 6.61. The first-order chi connectivity index (χ1) is 16.6. The number of aromatic hydroxyl groups is 1. The van der Waals surface area contributed by atoms with Crippen LogP contribution in [0.1, 0.15) is 22.3 Å². The molecule has 0 aliphatic rings. The van der Waals surface area contributed by atoms with Crippen LogP contribution < -0.4 is 9.47 Å². The molecule has 4 nitrogen and oxygen atoms in total. The minimum Gasteiger partial charge on any atom is -0.506 e. The van der Waals surface area contributed by atoms with Crippen LogP contribution in [0.3, 0.4) is 0 Å². The van der Waals surface area contributed by atoms with E-state index in [-0.39, 0.29) is 5.75 Å². The first-order valence-electron chi connectivity index (χ1n) is 11.0. The highest BCUT2D eigenvalue weighted by Gasteiger charge is 2.37. The number of rotatable bonds is 9. The number of ether oxygens (including phenoxy) is 3. The van der Waals surface area contributed by atoms with Crippen molar-refractivity contribution in [2.45, 2.75) is 12.0 Å². The van der Waals surface area contributed by atoms with Crippen LogP contribution in [-0.2, 0) is 16.8 Å². The van der Waals surface area contributed by atoms with Gasteiger partial charge in [-0.15, -0.1) is 0 Å². The molecule has 0 aromatic heterocycles. The van der Waals surface area contributed by atoms with Crippen LogP contribution in [-0.4, -0.2) is 25.9 Å². The van der Waals surface area contributed by atoms with Crippen molar-refractivity contribution >= 4 is 11.6 Å². The quantitative estimate of drug-likeness (QED) is 0.277. The summed E-state index contributed by atoms with van der Waals surface area (Å²) in [5, 5.41) is 10.1. The Hall–Kier alpha value is -3.47. The Labute approximate surface area is 205 Å². The molecule has 0 unspecified atom stereocenters. The lowest BCUT2D eigenvalue weighted by Gasteiger charge is -2.36. The van der Waals surface area contributed by atoms with Gasteiger partial charge in [-0.05, 0) is 65.1 Å². The van der Waals surface area contributed by atoms with Gasteiger partial charge in [0.05, 0.1) is 25.8 Å². The van der Waals surface area contributed by atoms with Gasteiger partial charge in [0.1, 0.15) is 22.8 Å². The molecule has 0 aliphatic carbocycles. The molecule has 0 radical (unpaired) electrons. The number of phenolic OH excluding ortho intramolecular Hbond substituents is 1. The normalized spacial score (nSPS) is 11.3. The van der Waals surface area contributed by atoms with Crippen LogP contribution >= 0.6 is 11.6 Å². The lowest BCUT2D eigenvalue weighted by molar-refractivity contribution is 0.0147. The van der Waals surface area contributed by atoms with Gasteiger partial charge in [0.2, 0.25) is 0 Å². The van der Waals surface area contributed by atoms with Crippen LogP contribution in [0.25, 0.3) is 0 Å². The Bertz CT molecular complexity index is 1160. The lowest BCUT2D eigenvalue weighted by Crippen LogP contribution is -2.33. The Kier molecular flexibility index (Phi) is 7.41. The number of phenols is 1. The Morgan fingerprint density at radius 2 is 1.24 bits per heavy atom. The third kappa shape index (κ3) is 4.89. The SMILES string of the molecule is COc1ccc(C(OCCc2ccc(O)c(Cl)c2)(c2ccccc2)c2ccc(OC)cc2)cc1. The van der Waals surface area contributed by atoms with E-state index < -0.39 is 5.60 Å². The van der Waals surface area contributed by atoms with Crippen LogP contribution in [0.15, 0.2) is 97.1 Å². The molecule has 4 aromatic rings. The fraction of sp³-hybridized carbons (Fsp3) is 0.172. The second kappa shape index (κ2) is 10.6. The molecule has 34 heavy (non-hydrogen) atoms. The van der Waals surface area contributed by atoms with Crippen molar-refractivity contribution < 1.29 is 19.3 Å². The van der Waals surface area contributed by atoms with Gasteiger partial charge in [-0.3, -0.25) is 0 Å². The van der Waals surface area contributed by atoms with E-state index in [1.807, 2.05) is 72.8 Å². The molecule has 0 fully saturated rings. The van der Waals surface area contributed by atoms with Crippen molar-refractivity contribution in [3.8, 4) is 17.2 Å². The molecule has 5 heteroatoms. The van der Waals surface area contributed by atoms with E-state index in [0.29, 0.717) is 18.1 Å². The maximum absolute atomic E-state index is 9.75. The fourth-order valence-electron chi connectivity index (χ4n) is 4.10. The summed E-state index contributed by atoms with van der Waals surface area (Å²) in [6.45, 7) is 0.425. The highest BCUT2D eigenvalue weighted by Crippen LogP contribution is 2.41. The lowest BCUT2D eigenvalue weighted by atomic mass is 9.80. The number of hydrogen-bond donors (Lipinski definition) is 1. The fourth-order valence-corrected chi connectivity index (χ4v) is 4.31. The molecule has 0 bridgehead atoms. The van der Waals surface area contributed by atoms with Gasteiger partial charge < -0.3 is 19.3 Å². The van der Waals surface area contributed by atoms with Gasteiger partial charge in [-0.25, -0.2) is 0 Å². The van der Waals surface area contributed by atoms with Crippen molar-refractivity contribution in [2.75, 3.05) is 20.8 Å². The van der Waals surface area contributed by atoms with Crippen molar-refractivity contribution in [1.82, 2.24) is 0 Å². The van der Waals surface area contributed by atoms with Gasteiger partial charge in [0.15, 0.2) is 0 Å². The highest BCUT2D eigenvalue weighted by atomic mass is 35.5. The molecule has 174 valence electrons. The van der Waals surface area contributed by atoms with E-state index in [1.54, 1.807) is 26.4 Å². The average Bonchev–Trinajstić information content (AvgIpc) is 2.89. The molecule has 0 heterocycles. The van der Waals surface area contributed by atoms with E-state index >= 15 is 0 Å². The molecule has 4 rings (SSSR count). The van der Waals surface area contributed by atoms with Gasteiger partial charge in [-0.1, -0.05) is 72.3 Å². The van der Waals surface area contributed by atoms with E-state index in [2.05, 4.69) is 12.1 Å². The Morgan fingerprint density at radius 3 is 1.74 bits per heavy atom. The zero-order valence-electron chi connectivity index (χ0n) is 19.2. The van der Waals surface area contributed by atoms with Gasteiger partial charge in [0.25, 0.3) is 0 Å². The molecular weight excluding hydrogens is 448 g/mol. The largest absolute Gasteiger partial charge is 0.506 e. The topological polar surface area (TPSA) is 47.9 Å². The predicted molar refractivity (Wildman–Crippen MR) is 135 cm³/mol. The first kappa shape index (κ1) is 23.7. The first-order valence-corrected chi connectivity index (χ1v) is 11.4. The van der Waals surface area contributed by atoms with E-state index in [4.69, 9.17) is 25.8 Å². The van der Waals surface area contributed by atoms with Gasteiger partial charge in [-0.2, -0.15) is 0 Å². The van der Waals surface area contributed by atoms with E-state index in [9.17, 15) is 5.11 Å². The van der Waals surface area contributed by atoms with Crippen LogP contribution in [0, 0.1) is 0 Å². The summed E-state index contributed by atoms with van der Waals surface area (Å²) in [6, 6.07) is 31.3. The zero-order chi connectivity index (χ0) is 24.0. The van der Waals surface area contributed by atoms with Crippen LogP contribution in [0.5, 0.6) is 17.2 Å². The van der Waals surface area contributed by atoms with Crippen molar-refractivity contribution in [3.05, 3.63) is 124 Å². The molecule has 1 N–H and O–H groups in total. The van der Waals surface area contributed by atoms with Crippen LogP contribution in [0.2, 0.25) is 5.02 Å². The summed E-state index contributed by atoms with van der Waals surface area (Å²) in [5.41, 5.74) is 3.09. The third-order valence-electron chi connectivity index (χ3n) is 5.89. The molecule has 0 spiro atoms. The number of methoxy groups -OCH3 is 2. The van der Waals surface area contributed by atoms with E-state index in [0.717, 1.165) is 33.8 Å². The van der Waals surface area contributed by atoms with Crippen molar-refractivity contribution in [2.24, 2.45) is 0 Å². The average molecular weight is 475 g/mol. The monoisotopic (exact) mass is 474 g/mol. The second-order valence-corrected chi connectivity index (χ2v) is 8.30. The Morgan fingerprint density at radius 1 is 0.706 bits per heavy atom. The number of hydrogen-bond acceptors (Lipinski definition) is 4. The minimum atomic E-state index is -0.861. The smallest absolute Gasteiger partial charge is 0.143 e. The van der Waals surface area contributed by atoms with Gasteiger partial charge in [0, 0.05) is 0 Å². The molecule has 0 aliphatic heterocycles. The summed E-state index contributed by atoms with van der Waals surface area (Å²) in [7, 11) is 3.31. The summed E-state index contributed by atoms with van der Waals surface area (Å²) >= 11 is 6.11. The zero-order valence-corrected chi connectivity index (χ0v) is 20.0. The maximum atomic E-state index is 9.75. The van der Waals surface area contributed by atoms with E-state index in [1.165, 1.54) is 0 Å². The number of halogens is 1. The minimum absolute atomic E-state index is 0.0708. The maximum Gasteiger partial charge on any atom is 0.143 e. The second-order valence-electron chi connectivity index (χ2n) is 7.89. The summed E-state index contributed by atoms with van der Waals surface area (Å²) < 4.78 is 17.6. The van der Waals surface area contributed by atoms with Crippen molar-refractivity contribution in [1.29, 1.82) is 0 Å². The molecular formula is C29H27ClO4. The highest BCUT2D eigenvalue weighted by molar-refractivity contribution is 6.32. The van der Waals surface area contributed by atoms with Crippen LogP contribution in [0.4, 0.5) is 0 Å². The molecule has 0 saturated carbocycles. The summed E-state index contributed by atoms with van der Waals surface area (Å²) in [5.74, 6) is 1.62. The van der Waals surface area contributed by atoms with Gasteiger partial charge >= 0.3 is 0 Å². The summed E-state index contributed by atoms with van der Waals surface area (Å²) in [6.07, 6.45) is 0.626. The molecule has 0 atom stereocenters. The molecule has 0 saturated heterocycles.